The average molecular weight is 258 g/mol. The number of ether oxygens (including phenoxy) is 1. The highest BCUT2D eigenvalue weighted by atomic mass is 19.1. The minimum atomic E-state index is -0.289. The summed E-state index contributed by atoms with van der Waals surface area (Å²) in [5.41, 5.74) is 1.46. The monoisotopic (exact) mass is 258 g/mol. The topological polar surface area (TPSA) is 9.23 Å². The summed E-state index contributed by atoms with van der Waals surface area (Å²) in [6, 6.07) is 14.1. The van der Waals surface area contributed by atoms with E-state index >= 15 is 0 Å². The molecule has 0 spiro atoms. The van der Waals surface area contributed by atoms with Crippen molar-refractivity contribution in [3.8, 4) is 11.5 Å². The van der Waals surface area contributed by atoms with Gasteiger partial charge in [-0.25, -0.2) is 4.39 Å². The molecule has 1 nitrogen and oxygen atoms in total. The van der Waals surface area contributed by atoms with Crippen LogP contribution in [0, 0.1) is 11.2 Å². The molecule has 0 unspecified atom stereocenters. The summed E-state index contributed by atoms with van der Waals surface area (Å²) in [6.45, 7) is 6.60. The van der Waals surface area contributed by atoms with E-state index in [1.54, 1.807) is 12.1 Å². The molecule has 0 aliphatic heterocycles. The molecule has 0 fully saturated rings. The fourth-order valence-corrected chi connectivity index (χ4v) is 2.00. The van der Waals surface area contributed by atoms with Crippen LogP contribution in [-0.2, 0) is 6.42 Å². The summed E-state index contributed by atoms with van der Waals surface area (Å²) in [6.07, 6.45) is 0.980. The summed E-state index contributed by atoms with van der Waals surface area (Å²) in [4.78, 5) is 0. The Morgan fingerprint density at radius 2 is 1.58 bits per heavy atom. The molecule has 0 bridgehead atoms. The summed E-state index contributed by atoms with van der Waals surface area (Å²) in [5, 5.41) is 0. The smallest absolute Gasteiger partial charge is 0.130 e. The maximum absolute atomic E-state index is 13.1. The van der Waals surface area contributed by atoms with E-state index in [0.717, 1.165) is 12.2 Å². The van der Waals surface area contributed by atoms with Crippen molar-refractivity contribution in [3.05, 3.63) is 59.9 Å². The van der Waals surface area contributed by atoms with E-state index in [1.807, 2.05) is 18.2 Å². The molecule has 2 aromatic rings. The summed E-state index contributed by atoms with van der Waals surface area (Å²) < 4.78 is 18.8. The van der Waals surface area contributed by atoms with Gasteiger partial charge in [-0.2, -0.15) is 0 Å². The SMILES string of the molecule is CC(C)(C)Cc1cccc(Oc2cccc(F)c2)c1. The van der Waals surface area contributed by atoms with Gasteiger partial charge in [0.15, 0.2) is 0 Å². The number of benzene rings is 2. The molecule has 19 heavy (non-hydrogen) atoms. The fourth-order valence-electron chi connectivity index (χ4n) is 2.00. The molecule has 2 heteroatoms. The molecule has 0 saturated heterocycles. The predicted molar refractivity (Wildman–Crippen MR) is 76.1 cm³/mol. The van der Waals surface area contributed by atoms with Gasteiger partial charge in [-0.15, -0.1) is 0 Å². The molecule has 0 radical (unpaired) electrons. The molecule has 0 amide bonds. The third-order valence-corrected chi connectivity index (χ3v) is 2.66. The number of hydrogen-bond acceptors (Lipinski definition) is 1. The van der Waals surface area contributed by atoms with Crippen molar-refractivity contribution in [3.63, 3.8) is 0 Å². The first-order chi connectivity index (χ1) is 8.92. The third kappa shape index (κ3) is 4.40. The van der Waals surface area contributed by atoms with E-state index in [1.165, 1.54) is 17.7 Å². The van der Waals surface area contributed by atoms with Crippen LogP contribution in [0.5, 0.6) is 11.5 Å². The van der Waals surface area contributed by atoms with Crippen LogP contribution in [0.1, 0.15) is 26.3 Å². The largest absolute Gasteiger partial charge is 0.457 e. The molecule has 0 N–H and O–H groups in total. The first-order valence-electron chi connectivity index (χ1n) is 6.45. The van der Waals surface area contributed by atoms with Crippen LogP contribution in [0.25, 0.3) is 0 Å². The Morgan fingerprint density at radius 3 is 2.21 bits per heavy atom. The van der Waals surface area contributed by atoms with E-state index in [4.69, 9.17) is 4.74 Å². The quantitative estimate of drug-likeness (QED) is 0.734. The van der Waals surface area contributed by atoms with Gasteiger partial charge < -0.3 is 4.74 Å². The lowest BCUT2D eigenvalue weighted by atomic mass is 9.88. The van der Waals surface area contributed by atoms with E-state index in [9.17, 15) is 4.39 Å². The van der Waals surface area contributed by atoms with Gasteiger partial charge in [-0.05, 0) is 41.7 Å². The first kappa shape index (κ1) is 13.6. The Bertz CT molecular complexity index is 555. The third-order valence-electron chi connectivity index (χ3n) is 2.66. The Morgan fingerprint density at radius 1 is 0.947 bits per heavy atom. The van der Waals surface area contributed by atoms with Crippen LogP contribution in [0.3, 0.4) is 0 Å². The molecule has 2 aromatic carbocycles. The maximum Gasteiger partial charge on any atom is 0.130 e. The van der Waals surface area contributed by atoms with Crippen molar-refractivity contribution < 1.29 is 9.13 Å². The second kappa shape index (κ2) is 5.43. The van der Waals surface area contributed by atoms with E-state index < -0.39 is 0 Å². The van der Waals surface area contributed by atoms with Crippen LogP contribution in [0.4, 0.5) is 4.39 Å². The molecule has 0 saturated carbocycles. The minimum Gasteiger partial charge on any atom is -0.457 e. The van der Waals surface area contributed by atoms with Gasteiger partial charge in [-0.3, -0.25) is 0 Å². The second-order valence-electron chi connectivity index (χ2n) is 5.94. The van der Waals surface area contributed by atoms with Crippen molar-refractivity contribution >= 4 is 0 Å². The molecular formula is C17H19FO. The lowest BCUT2D eigenvalue weighted by molar-refractivity contribution is 0.409. The highest BCUT2D eigenvalue weighted by Crippen LogP contribution is 2.26. The average Bonchev–Trinajstić information content (AvgIpc) is 2.27. The zero-order valence-electron chi connectivity index (χ0n) is 11.6. The fraction of sp³-hybridized carbons (Fsp3) is 0.294. The maximum atomic E-state index is 13.1. The van der Waals surface area contributed by atoms with Crippen LogP contribution >= 0.6 is 0 Å². The summed E-state index contributed by atoms with van der Waals surface area (Å²) in [5.74, 6) is 0.976. The number of rotatable bonds is 3. The molecule has 0 aliphatic carbocycles. The van der Waals surface area contributed by atoms with Gasteiger partial charge in [0.25, 0.3) is 0 Å². The predicted octanol–water partition coefficient (Wildman–Crippen LogP) is 5.21. The van der Waals surface area contributed by atoms with Crippen LogP contribution in [0.2, 0.25) is 0 Å². The van der Waals surface area contributed by atoms with Crippen molar-refractivity contribution in [1.29, 1.82) is 0 Å². The van der Waals surface area contributed by atoms with Crippen molar-refractivity contribution in [2.24, 2.45) is 5.41 Å². The van der Waals surface area contributed by atoms with Gasteiger partial charge >= 0.3 is 0 Å². The molecule has 0 aromatic heterocycles. The molecule has 100 valence electrons. The lowest BCUT2D eigenvalue weighted by Crippen LogP contribution is -2.08. The standard InChI is InChI=1S/C17H19FO/c1-17(2,3)12-13-6-4-8-15(10-13)19-16-9-5-7-14(18)11-16/h4-11H,12H2,1-3H3. The summed E-state index contributed by atoms with van der Waals surface area (Å²) in [7, 11) is 0. The Balaban J connectivity index is 2.15. The van der Waals surface area contributed by atoms with E-state index in [0.29, 0.717) is 5.75 Å². The molecule has 0 atom stereocenters. The van der Waals surface area contributed by atoms with Crippen molar-refractivity contribution in [1.82, 2.24) is 0 Å². The molecule has 2 rings (SSSR count). The van der Waals surface area contributed by atoms with E-state index in [-0.39, 0.29) is 11.2 Å². The van der Waals surface area contributed by atoms with Gasteiger partial charge in [-0.1, -0.05) is 39.0 Å². The Labute approximate surface area is 114 Å². The van der Waals surface area contributed by atoms with E-state index in [2.05, 4.69) is 26.8 Å². The highest BCUT2D eigenvalue weighted by Gasteiger charge is 2.11. The van der Waals surface area contributed by atoms with Crippen molar-refractivity contribution in [2.75, 3.05) is 0 Å². The molecular weight excluding hydrogens is 239 g/mol. The van der Waals surface area contributed by atoms with Gasteiger partial charge in [0, 0.05) is 6.07 Å². The van der Waals surface area contributed by atoms with Gasteiger partial charge in [0.1, 0.15) is 17.3 Å². The second-order valence-corrected chi connectivity index (χ2v) is 5.94. The lowest BCUT2D eigenvalue weighted by Gasteiger charge is -2.18. The summed E-state index contributed by atoms with van der Waals surface area (Å²) >= 11 is 0. The number of hydrogen-bond donors (Lipinski definition) is 0. The Kier molecular flexibility index (Phi) is 3.89. The van der Waals surface area contributed by atoms with Crippen molar-refractivity contribution in [2.45, 2.75) is 27.2 Å². The zero-order chi connectivity index (χ0) is 13.9. The highest BCUT2D eigenvalue weighted by molar-refractivity contribution is 5.34. The molecule has 0 heterocycles. The van der Waals surface area contributed by atoms with Gasteiger partial charge in [0.05, 0.1) is 0 Å². The molecule has 0 aliphatic rings. The van der Waals surface area contributed by atoms with Crippen LogP contribution in [-0.4, -0.2) is 0 Å². The number of halogens is 1. The van der Waals surface area contributed by atoms with Crippen LogP contribution < -0.4 is 4.74 Å². The van der Waals surface area contributed by atoms with Crippen LogP contribution in [0.15, 0.2) is 48.5 Å². The normalized spacial score (nSPS) is 11.4. The van der Waals surface area contributed by atoms with Gasteiger partial charge in [0.2, 0.25) is 0 Å². The minimum absolute atomic E-state index is 0.234. The Hall–Kier alpha value is -1.83. The first-order valence-corrected chi connectivity index (χ1v) is 6.45. The zero-order valence-corrected chi connectivity index (χ0v) is 11.6.